The lowest BCUT2D eigenvalue weighted by atomic mass is 9.80. The second-order valence-electron chi connectivity index (χ2n) is 8.84. The molecule has 0 radical (unpaired) electrons. The van der Waals surface area contributed by atoms with Gasteiger partial charge in [0.1, 0.15) is 0 Å². The number of benzene rings is 2. The van der Waals surface area contributed by atoms with Crippen molar-refractivity contribution >= 4 is 22.8 Å². The predicted octanol–water partition coefficient (Wildman–Crippen LogP) is 5.50. The Morgan fingerprint density at radius 1 is 1.03 bits per heavy atom. The van der Waals surface area contributed by atoms with E-state index in [4.69, 9.17) is 0 Å². The molecule has 0 spiro atoms. The van der Waals surface area contributed by atoms with Crippen LogP contribution < -0.4 is 0 Å². The molecule has 5 nitrogen and oxygen atoms in total. The summed E-state index contributed by atoms with van der Waals surface area (Å²) >= 11 is 0. The molecule has 2 aromatic carbocycles. The van der Waals surface area contributed by atoms with Gasteiger partial charge >= 0.3 is 5.97 Å². The van der Waals surface area contributed by atoms with Crippen LogP contribution in [0.1, 0.15) is 54.7 Å². The molecule has 0 fully saturated rings. The minimum absolute atomic E-state index is 0.0183. The summed E-state index contributed by atoms with van der Waals surface area (Å²) in [6, 6.07) is 3.08. The van der Waals surface area contributed by atoms with Gasteiger partial charge in [0, 0.05) is 22.7 Å². The third-order valence-corrected chi connectivity index (χ3v) is 5.24. The number of aliphatic carboxylic acids is 1. The van der Waals surface area contributed by atoms with Gasteiger partial charge in [-0.2, -0.15) is 0 Å². The molecule has 9 heteroatoms. The summed E-state index contributed by atoms with van der Waals surface area (Å²) in [6.45, 7) is 6.67. The highest BCUT2D eigenvalue weighted by Crippen LogP contribution is 2.42. The molecule has 3 aromatic rings. The molecule has 170 valence electrons. The fourth-order valence-corrected chi connectivity index (χ4v) is 3.88. The van der Waals surface area contributed by atoms with Crippen LogP contribution in [-0.2, 0) is 4.79 Å². The zero-order valence-corrected chi connectivity index (χ0v) is 17.8. The van der Waals surface area contributed by atoms with Crippen LogP contribution >= 0.6 is 0 Å². The molecule has 2 N–H and O–H groups in total. The van der Waals surface area contributed by atoms with Crippen molar-refractivity contribution < 1.29 is 37.4 Å². The van der Waals surface area contributed by atoms with Gasteiger partial charge in [-0.15, -0.1) is 0 Å². The maximum atomic E-state index is 15.0. The topological polar surface area (TPSA) is 79.5 Å². The summed E-state index contributed by atoms with van der Waals surface area (Å²) in [5.74, 6) is -10.1. The molecule has 0 amide bonds. The molecular weight excluding hydrogens is 430 g/mol. The number of fused-ring (bicyclic) bond motifs is 1. The number of aromatic nitrogens is 1. The van der Waals surface area contributed by atoms with Crippen molar-refractivity contribution in [2.45, 2.75) is 40.0 Å². The van der Waals surface area contributed by atoms with Crippen LogP contribution in [0.5, 0.6) is 5.75 Å². The Bertz CT molecular complexity index is 1260. The Balaban J connectivity index is 2.40. The van der Waals surface area contributed by atoms with Crippen molar-refractivity contribution in [3.05, 3.63) is 64.4 Å². The molecule has 1 aromatic heterocycles. The Morgan fingerprint density at radius 2 is 1.66 bits per heavy atom. The number of carbonyl (C=O) groups is 2. The van der Waals surface area contributed by atoms with Gasteiger partial charge in [0.2, 0.25) is 0 Å². The van der Waals surface area contributed by atoms with Crippen molar-refractivity contribution in [1.82, 2.24) is 4.57 Å². The highest BCUT2D eigenvalue weighted by molar-refractivity contribution is 6.05. The summed E-state index contributed by atoms with van der Waals surface area (Å²) in [5.41, 5.74) is -1.29. The number of hydrogen-bond acceptors (Lipinski definition) is 3. The number of nitrogens with zero attached hydrogens (tertiary/aromatic N) is 1. The summed E-state index contributed by atoms with van der Waals surface area (Å²) in [4.78, 5) is 25.3. The average Bonchev–Trinajstić information content (AvgIpc) is 2.96. The second kappa shape index (κ2) is 7.96. The molecule has 0 saturated carbocycles. The first-order chi connectivity index (χ1) is 14.7. The maximum absolute atomic E-state index is 15.0. The van der Waals surface area contributed by atoms with Gasteiger partial charge in [0.05, 0.1) is 11.4 Å². The molecular formula is C23H21F4NO4. The molecule has 0 bridgehead atoms. The molecule has 1 heterocycles. The predicted molar refractivity (Wildman–Crippen MR) is 109 cm³/mol. The number of aromatic hydroxyl groups is 1. The number of carbonyl (C=O) groups excluding carboxylic acids is 1. The number of rotatable bonds is 4. The summed E-state index contributed by atoms with van der Waals surface area (Å²) in [7, 11) is 0. The molecule has 1 atom stereocenters. The van der Waals surface area contributed by atoms with E-state index in [1.54, 1.807) is 20.8 Å². The maximum Gasteiger partial charge on any atom is 0.311 e. The molecule has 0 saturated heterocycles. The van der Waals surface area contributed by atoms with Crippen LogP contribution in [0.2, 0.25) is 0 Å². The molecule has 32 heavy (non-hydrogen) atoms. The van der Waals surface area contributed by atoms with Crippen molar-refractivity contribution in [2.75, 3.05) is 0 Å². The van der Waals surface area contributed by atoms with Crippen molar-refractivity contribution in [3.63, 3.8) is 0 Å². The van der Waals surface area contributed by atoms with E-state index in [0.29, 0.717) is 12.1 Å². The van der Waals surface area contributed by atoms with Gasteiger partial charge in [0.15, 0.2) is 29.0 Å². The Morgan fingerprint density at radius 3 is 2.19 bits per heavy atom. The minimum atomic E-state index is -1.41. The third-order valence-electron chi connectivity index (χ3n) is 5.24. The van der Waals surface area contributed by atoms with Gasteiger partial charge < -0.3 is 10.2 Å². The first-order valence-corrected chi connectivity index (χ1v) is 9.69. The zero-order valence-electron chi connectivity index (χ0n) is 17.8. The van der Waals surface area contributed by atoms with Crippen molar-refractivity contribution in [1.29, 1.82) is 0 Å². The lowest BCUT2D eigenvalue weighted by Gasteiger charge is -2.24. The van der Waals surface area contributed by atoms with E-state index in [-0.39, 0.29) is 28.8 Å². The molecule has 0 aliphatic rings. The van der Waals surface area contributed by atoms with Gasteiger partial charge in [-0.25, -0.2) is 17.6 Å². The monoisotopic (exact) mass is 451 g/mol. The van der Waals surface area contributed by atoms with Gasteiger partial charge in [0.25, 0.3) is 5.91 Å². The van der Waals surface area contributed by atoms with Gasteiger partial charge in [-0.05, 0) is 42.5 Å². The van der Waals surface area contributed by atoms with Crippen LogP contribution in [0.15, 0.2) is 24.3 Å². The van der Waals surface area contributed by atoms with E-state index in [0.717, 1.165) is 16.7 Å². The van der Waals surface area contributed by atoms with Crippen LogP contribution in [-0.4, -0.2) is 26.7 Å². The van der Waals surface area contributed by atoms with Crippen molar-refractivity contribution in [3.8, 4) is 5.75 Å². The normalized spacial score (nSPS) is 12.9. The fraction of sp³-hybridized carbons (Fsp3) is 0.304. The van der Waals surface area contributed by atoms with Gasteiger partial charge in [-0.1, -0.05) is 20.8 Å². The fourth-order valence-electron chi connectivity index (χ4n) is 3.88. The Hall–Kier alpha value is -3.36. The van der Waals surface area contributed by atoms with Crippen molar-refractivity contribution in [2.24, 2.45) is 5.41 Å². The minimum Gasteiger partial charge on any atom is -0.503 e. The Kier molecular flexibility index (Phi) is 5.80. The average molecular weight is 451 g/mol. The number of phenolic OH excluding ortho intramolecular Hbond substituents is 1. The van der Waals surface area contributed by atoms with E-state index < -0.39 is 57.6 Å². The largest absolute Gasteiger partial charge is 0.503 e. The molecule has 0 aliphatic carbocycles. The van der Waals surface area contributed by atoms with E-state index in [2.05, 4.69) is 0 Å². The van der Waals surface area contributed by atoms with E-state index >= 15 is 4.39 Å². The number of hydrogen-bond donors (Lipinski definition) is 2. The first kappa shape index (κ1) is 23.3. The smallest absolute Gasteiger partial charge is 0.311 e. The number of phenols is 1. The lowest BCUT2D eigenvalue weighted by Crippen LogP contribution is -2.21. The lowest BCUT2D eigenvalue weighted by molar-refractivity contribution is -0.139. The summed E-state index contributed by atoms with van der Waals surface area (Å²) < 4.78 is 57.1. The number of carboxylic acid groups (broad SMARTS) is 1. The highest BCUT2D eigenvalue weighted by atomic mass is 19.2. The SMILES string of the molecule is Cc1c(C(CC(C)(C)C)C(=O)O)c2c(F)c(O)c(F)cc2n1C(=O)c1ccc(F)c(F)c1. The highest BCUT2D eigenvalue weighted by Gasteiger charge is 2.35. The molecule has 0 aliphatic heterocycles. The Labute approximate surface area is 180 Å². The standard InChI is InChI=1S/C23H21F4NO4/c1-10-17(12(22(31)32)9-23(2,3)4)18-16(8-15(26)20(29)19(18)27)28(10)21(30)11-5-6-13(24)14(25)7-11/h5-8,12,29H,9H2,1-4H3,(H,31,32). The zero-order chi connectivity index (χ0) is 24.1. The summed E-state index contributed by atoms with van der Waals surface area (Å²) in [5, 5.41) is 19.3. The first-order valence-electron chi connectivity index (χ1n) is 9.69. The summed E-state index contributed by atoms with van der Waals surface area (Å²) in [6.07, 6.45) is 0.0409. The molecule has 3 rings (SSSR count). The van der Waals surface area contributed by atoms with E-state index in [9.17, 15) is 33.0 Å². The van der Waals surface area contributed by atoms with Crippen LogP contribution in [0, 0.1) is 35.6 Å². The number of carboxylic acids is 1. The second-order valence-corrected chi connectivity index (χ2v) is 8.84. The van der Waals surface area contributed by atoms with E-state index in [1.807, 2.05) is 0 Å². The number of halogens is 4. The van der Waals surface area contributed by atoms with Crippen LogP contribution in [0.3, 0.4) is 0 Å². The van der Waals surface area contributed by atoms with Gasteiger partial charge in [-0.3, -0.25) is 14.2 Å². The van der Waals surface area contributed by atoms with Crippen LogP contribution in [0.4, 0.5) is 17.6 Å². The quantitative estimate of drug-likeness (QED) is 0.513. The van der Waals surface area contributed by atoms with E-state index in [1.165, 1.54) is 6.92 Å². The third kappa shape index (κ3) is 3.94. The van der Waals surface area contributed by atoms with Crippen LogP contribution in [0.25, 0.3) is 10.9 Å². The molecule has 1 unspecified atom stereocenters.